The molecular formula is C21H18F4O. The van der Waals surface area contributed by atoms with E-state index in [9.17, 15) is 22.4 Å². The lowest BCUT2D eigenvalue weighted by Gasteiger charge is -2.12. The highest BCUT2D eigenvalue weighted by Crippen LogP contribution is 2.60. The summed E-state index contributed by atoms with van der Waals surface area (Å²) in [5, 5.41) is 0. The summed E-state index contributed by atoms with van der Waals surface area (Å²) in [7, 11) is 0. The van der Waals surface area contributed by atoms with Crippen LogP contribution in [0.1, 0.15) is 24.0 Å². The van der Waals surface area contributed by atoms with Gasteiger partial charge in [-0.3, -0.25) is 4.79 Å². The highest BCUT2D eigenvalue weighted by molar-refractivity contribution is 6.00. The van der Waals surface area contributed by atoms with E-state index in [0.717, 1.165) is 0 Å². The van der Waals surface area contributed by atoms with Crippen LogP contribution in [0.15, 0.2) is 48.5 Å². The highest BCUT2D eigenvalue weighted by Gasteiger charge is 2.73. The standard InChI is InChI=1S/C21H18F4O/c22-17-7-3-1-5-13(17)9-15-11-20(15,24)19(26)21(25)12-16(21)10-14-6-2-4-8-18(14)23/h1-8,15-16H,9-12H2. The van der Waals surface area contributed by atoms with E-state index in [4.69, 9.17) is 0 Å². The quantitative estimate of drug-likeness (QED) is 0.676. The number of ketones is 1. The van der Waals surface area contributed by atoms with Crippen LogP contribution >= 0.6 is 0 Å². The summed E-state index contributed by atoms with van der Waals surface area (Å²) in [4.78, 5) is 12.4. The van der Waals surface area contributed by atoms with Crippen molar-refractivity contribution in [1.82, 2.24) is 0 Å². The molecule has 0 N–H and O–H groups in total. The van der Waals surface area contributed by atoms with E-state index < -0.39 is 40.6 Å². The zero-order valence-corrected chi connectivity index (χ0v) is 14.0. The van der Waals surface area contributed by atoms with Gasteiger partial charge in [0.2, 0.25) is 5.78 Å². The van der Waals surface area contributed by atoms with Gasteiger partial charge in [0.1, 0.15) is 11.6 Å². The van der Waals surface area contributed by atoms with Crippen molar-refractivity contribution in [1.29, 1.82) is 0 Å². The average Bonchev–Trinajstić information content (AvgIpc) is 3.48. The van der Waals surface area contributed by atoms with Gasteiger partial charge in [0.25, 0.3) is 0 Å². The molecule has 4 rings (SSSR count). The number of rotatable bonds is 6. The number of Topliss-reactive ketones (excluding diaryl/α,β-unsaturated/α-hetero) is 1. The number of benzene rings is 2. The number of carbonyl (C=O) groups excluding carboxylic acids is 1. The van der Waals surface area contributed by atoms with E-state index >= 15 is 0 Å². The molecule has 1 nitrogen and oxygen atoms in total. The van der Waals surface area contributed by atoms with Crippen molar-refractivity contribution in [3.63, 3.8) is 0 Å². The van der Waals surface area contributed by atoms with E-state index in [2.05, 4.69) is 0 Å². The van der Waals surface area contributed by atoms with E-state index in [-0.39, 0.29) is 25.7 Å². The van der Waals surface area contributed by atoms with E-state index in [1.807, 2.05) is 0 Å². The fourth-order valence-corrected chi connectivity index (χ4v) is 3.83. The van der Waals surface area contributed by atoms with Crippen molar-refractivity contribution in [3.05, 3.63) is 71.3 Å². The maximum atomic E-state index is 14.9. The average molecular weight is 362 g/mol. The van der Waals surface area contributed by atoms with Crippen molar-refractivity contribution < 1.29 is 22.4 Å². The predicted molar refractivity (Wildman–Crippen MR) is 89.1 cm³/mol. The fourth-order valence-electron chi connectivity index (χ4n) is 3.83. The number of alkyl halides is 2. The Kier molecular flexibility index (Phi) is 3.94. The van der Waals surface area contributed by atoms with E-state index in [1.165, 1.54) is 24.3 Å². The third-order valence-electron chi connectivity index (χ3n) is 5.66. The molecule has 4 unspecified atom stereocenters. The van der Waals surface area contributed by atoms with Crippen LogP contribution in [-0.2, 0) is 17.6 Å². The van der Waals surface area contributed by atoms with Crippen LogP contribution in [0.3, 0.4) is 0 Å². The Labute approximate surface area is 149 Å². The molecule has 2 aromatic carbocycles. The van der Waals surface area contributed by atoms with Crippen LogP contribution < -0.4 is 0 Å². The van der Waals surface area contributed by atoms with Crippen LogP contribution in [0.2, 0.25) is 0 Å². The van der Waals surface area contributed by atoms with Crippen LogP contribution in [0.25, 0.3) is 0 Å². The number of carbonyl (C=O) groups is 1. The van der Waals surface area contributed by atoms with Gasteiger partial charge in [-0.15, -0.1) is 0 Å². The number of hydrogen-bond donors (Lipinski definition) is 0. The maximum absolute atomic E-state index is 14.9. The molecular weight excluding hydrogens is 344 g/mol. The molecule has 0 heterocycles. The monoisotopic (exact) mass is 362 g/mol. The van der Waals surface area contributed by atoms with E-state index in [0.29, 0.717) is 11.1 Å². The van der Waals surface area contributed by atoms with E-state index in [1.54, 1.807) is 24.3 Å². The molecule has 0 bridgehead atoms. The lowest BCUT2D eigenvalue weighted by Crippen LogP contribution is -2.33. The van der Waals surface area contributed by atoms with Crippen LogP contribution in [0.5, 0.6) is 0 Å². The fraction of sp³-hybridized carbons (Fsp3) is 0.381. The third-order valence-corrected chi connectivity index (χ3v) is 5.66. The summed E-state index contributed by atoms with van der Waals surface area (Å²) in [6, 6.07) is 12.0. The minimum Gasteiger partial charge on any atom is -0.292 e. The Morgan fingerprint density at radius 3 is 1.58 bits per heavy atom. The summed E-state index contributed by atoms with van der Waals surface area (Å²) < 4.78 is 57.2. The minimum absolute atomic E-state index is 0.0724. The summed E-state index contributed by atoms with van der Waals surface area (Å²) >= 11 is 0. The van der Waals surface area contributed by atoms with Gasteiger partial charge in [-0.1, -0.05) is 36.4 Å². The second-order valence-corrected chi connectivity index (χ2v) is 7.45. The Balaban J connectivity index is 1.42. The van der Waals surface area contributed by atoms with Crippen molar-refractivity contribution in [2.45, 2.75) is 37.0 Å². The zero-order chi connectivity index (χ0) is 18.5. The van der Waals surface area contributed by atoms with Gasteiger partial charge in [-0.2, -0.15) is 0 Å². The smallest absolute Gasteiger partial charge is 0.207 e. The summed E-state index contributed by atoms with van der Waals surface area (Å²) in [5.74, 6) is -3.35. The second kappa shape index (κ2) is 5.93. The SMILES string of the molecule is O=C(C1(F)CC1Cc1ccccc1F)C1(F)CC1Cc1ccccc1F. The van der Waals surface area contributed by atoms with Crippen LogP contribution in [0, 0.1) is 23.5 Å². The van der Waals surface area contributed by atoms with Gasteiger partial charge in [0, 0.05) is 11.8 Å². The first-order valence-electron chi connectivity index (χ1n) is 8.74. The lowest BCUT2D eigenvalue weighted by molar-refractivity contribution is -0.133. The first-order chi connectivity index (χ1) is 12.3. The van der Waals surface area contributed by atoms with Gasteiger partial charge in [0.05, 0.1) is 0 Å². The van der Waals surface area contributed by atoms with Crippen molar-refractivity contribution in [2.75, 3.05) is 0 Å². The third kappa shape index (κ3) is 2.83. The highest BCUT2D eigenvalue weighted by atomic mass is 19.2. The maximum Gasteiger partial charge on any atom is 0.207 e. The topological polar surface area (TPSA) is 17.1 Å². The summed E-state index contributed by atoms with van der Waals surface area (Å²) in [5.41, 5.74) is -3.81. The van der Waals surface area contributed by atoms with Gasteiger partial charge in [-0.05, 0) is 48.9 Å². The first-order valence-corrected chi connectivity index (χ1v) is 8.74. The van der Waals surface area contributed by atoms with Gasteiger partial charge in [-0.25, -0.2) is 17.6 Å². The molecule has 0 spiro atoms. The summed E-state index contributed by atoms with van der Waals surface area (Å²) in [6.07, 6.45) is -0.0253. The van der Waals surface area contributed by atoms with Crippen molar-refractivity contribution in [2.24, 2.45) is 11.8 Å². The Morgan fingerprint density at radius 1 is 0.808 bits per heavy atom. The summed E-state index contributed by atoms with van der Waals surface area (Å²) in [6.45, 7) is 0. The number of hydrogen-bond acceptors (Lipinski definition) is 1. The van der Waals surface area contributed by atoms with Crippen LogP contribution in [0.4, 0.5) is 17.6 Å². The van der Waals surface area contributed by atoms with Gasteiger partial charge >= 0.3 is 0 Å². The lowest BCUT2D eigenvalue weighted by atomic mass is 9.99. The van der Waals surface area contributed by atoms with Crippen molar-refractivity contribution >= 4 is 5.78 Å². The zero-order valence-electron chi connectivity index (χ0n) is 14.0. The van der Waals surface area contributed by atoms with Gasteiger partial charge < -0.3 is 0 Å². The molecule has 2 aliphatic rings. The first kappa shape index (κ1) is 17.3. The predicted octanol–water partition coefficient (Wildman–Crippen LogP) is 4.78. The Bertz CT molecular complexity index is 797. The molecule has 0 aromatic heterocycles. The second-order valence-electron chi connectivity index (χ2n) is 7.45. The minimum atomic E-state index is -2.24. The molecule has 0 saturated heterocycles. The van der Waals surface area contributed by atoms with Crippen LogP contribution in [-0.4, -0.2) is 17.1 Å². The molecule has 2 fully saturated rings. The molecule has 5 heteroatoms. The molecule has 0 amide bonds. The number of halogens is 4. The molecule has 26 heavy (non-hydrogen) atoms. The molecule has 136 valence electrons. The largest absolute Gasteiger partial charge is 0.292 e. The molecule has 0 radical (unpaired) electrons. The molecule has 2 saturated carbocycles. The normalized spacial score (nSPS) is 32.3. The molecule has 0 aliphatic heterocycles. The Hall–Kier alpha value is -2.17. The van der Waals surface area contributed by atoms with Gasteiger partial charge in [0.15, 0.2) is 11.3 Å². The van der Waals surface area contributed by atoms with Crippen molar-refractivity contribution in [3.8, 4) is 0 Å². The Morgan fingerprint density at radius 2 is 1.19 bits per heavy atom. The molecule has 2 aromatic rings. The molecule has 2 aliphatic carbocycles. The molecule has 4 atom stereocenters.